The van der Waals surface area contributed by atoms with Crippen LogP contribution in [-0.4, -0.2) is 48.0 Å². The summed E-state index contributed by atoms with van der Waals surface area (Å²) in [7, 11) is -3.61. The summed E-state index contributed by atoms with van der Waals surface area (Å²) in [5.41, 5.74) is 0.721. The van der Waals surface area contributed by atoms with E-state index in [9.17, 15) is 13.2 Å². The van der Waals surface area contributed by atoms with Gasteiger partial charge >= 0.3 is 0 Å². The van der Waals surface area contributed by atoms with Crippen LogP contribution in [0.1, 0.15) is 18.7 Å². The lowest BCUT2D eigenvalue weighted by molar-refractivity contribution is -0.117. The van der Waals surface area contributed by atoms with Gasteiger partial charge in [-0.2, -0.15) is 5.21 Å². The van der Waals surface area contributed by atoms with E-state index in [2.05, 4.69) is 25.3 Å². The molecule has 0 spiro atoms. The second kappa shape index (κ2) is 6.42. The molecule has 3 rings (SSSR count). The number of nitrogens with one attached hydrogen (secondary N) is 2. The van der Waals surface area contributed by atoms with Crippen molar-refractivity contribution in [2.75, 3.05) is 18.0 Å². The van der Waals surface area contributed by atoms with Crippen LogP contribution in [0, 0.1) is 0 Å². The van der Waals surface area contributed by atoms with Crippen molar-refractivity contribution >= 4 is 21.6 Å². The Kier molecular flexibility index (Phi) is 4.35. The minimum atomic E-state index is -3.61. The van der Waals surface area contributed by atoms with Crippen molar-refractivity contribution in [3.63, 3.8) is 0 Å². The highest BCUT2D eigenvalue weighted by atomic mass is 32.2. The summed E-state index contributed by atoms with van der Waals surface area (Å²) in [6.07, 6.45) is 1.71. The largest absolute Gasteiger partial charge is 0.312 e. The molecular formula is C13H16N6O3S. The smallest absolute Gasteiger partial charge is 0.240 e. The monoisotopic (exact) mass is 336 g/mol. The molecule has 1 aromatic heterocycles. The first-order valence-electron chi connectivity index (χ1n) is 7.19. The molecule has 2 N–H and O–H groups in total. The number of rotatable bonds is 6. The highest BCUT2D eigenvalue weighted by Crippen LogP contribution is 2.22. The molecule has 1 fully saturated rings. The Hall–Kier alpha value is -2.33. The third-order valence-corrected chi connectivity index (χ3v) is 5.04. The van der Waals surface area contributed by atoms with Crippen LogP contribution < -0.4 is 9.62 Å². The van der Waals surface area contributed by atoms with Gasteiger partial charge in [0.15, 0.2) is 5.82 Å². The molecule has 2 aromatic rings. The lowest BCUT2D eigenvalue weighted by Crippen LogP contribution is -2.27. The zero-order chi connectivity index (χ0) is 16.3. The predicted octanol–water partition coefficient (Wildman–Crippen LogP) is -0.152. The number of nitrogens with zero attached hydrogens (tertiary/aromatic N) is 4. The fraction of sp³-hybridized carbons (Fsp3) is 0.385. The van der Waals surface area contributed by atoms with Crippen LogP contribution in [0.25, 0.3) is 0 Å². The zero-order valence-corrected chi connectivity index (χ0v) is 13.1. The van der Waals surface area contributed by atoms with Crippen molar-refractivity contribution in [3.05, 3.63) is 30.1 Å². The molecule has 10 heteroatoms. The van der Waals surface area contributed by atoms with Gasteiger partial charge in [0, 0.05) is 31.6 Å². The molecule has 0 unspecified atom stereocenters. The van der Waals surface area contributed by atoms with E-state index in [1.54, 1.807) is 17.0 Å². The number of anilines is 1. The van der Waals surface area contributed by atoms with Crippen LogP contribution in [0.4, 0.5) is 5.69 Å². The average molecular weight is 336 g/mol. The number of hydrogen-bond acceptors (Lipinski definition) is 6. The normalized spacial score (nSPS) is 15.3. The second-order valence-electron chi connectivity index (χ2n) is 5.12. The van der Waals surface area contributed by atoms with Crippen molar-refractivity contribution in [1.82, 2.24) is 25.3 Å². The minimum Gasteiger partial charge on any atom is -0.312 e. The van der Waals surface area contributed by atoms with Crippen molar-refractivity contribution in [3.8, 4) is 0 Å². The molecule has 1 aliphatic heterocycles. The van der Waals surface area contributed by atoms with Gasteiger partial charge in [0.1, 0.15) is 0 Å². The number of carbonyl (C=O) groups excluding carboxylic acids is 1. The molecule has 0 aliphatic carbocycles. The number of aromatic nitrogens is 4. The first-order valence-corrected chi connectivity index (χ1v) is 8.67. The fourth-order valence-corrected chi connectivity index (χ4v) is 3.43. The molecule has 2 heterocycles. The molecule has 1 aliphatic rings. The van der Waals surface area contributed by atoms with E-state index in [0.29, 0.717) is 25.2 Å². The molecule has 0 bridgehead atoms. The number of tetrazole rings is 1. The van der Waals surface area contributed by atoms with E-state index in [4.69, 9.17) is 0 Å². The average Bonchev–Trinajstić information content (AvgIpc) is 3.19. The van der Waals surface area contributed by atoms with E-state index >= 15 is 0 Å². The zero-order valence-electron chi connectivity index (χ0n) is 12.3. The maximum Gasteiger partial charge on any atom is 0.240 e. The Bertz CT molecular complexity index is 773. The quantitative estimate of drug-likeness (QED) is 0.756. The summed E-state index contributed by atoms with van der Waals surface area (Å²) in [4.78, 5) is 13.5. The Morgan fingerprint density at radius 2 is 2.04 bits per heavy atom. The number of H-pyrrole nitrogens is 1. The van der Waals surface area contributed by atoms with Crippen LogP contribution in [-0.2, 0) is 21.2 Å². The first-order chi connectivity index (χ1) is 11.1. The standard InChI is InChI=1S/C13H16N6O3S/c20-13-2-1-9-19(13)10-3-5-11(6-4-10)23(21,22)14-8-7-12-15-17-18-16-12/h3-6,14H,1-2,7-9H2,(H,15,16,17,18). The Labute approximate surface area is 133 Å². The van der Waals surface area contributed by atoms with Crippen molar-refractivity contribution in [2.24, 2.45) is 0 Å². The maximum atomic E-state index is 12.2. The van der Waals surface area contributed by atoms with Crippen LogP contribution in [0.2, 0.25) is 0 Å². The van der Waals surface area contributed by atoms with Gasteiger partial charge in [0.25, 0.3) is 0 Å². The van der Waals surface area contributed by atoms with Gasteiger partial charge in [-0.1, -0.05) is 5.21 Å². The number of carbonyl (C=O) groups is 1. The van der Waals surface area contributed by atoms with E-state index in [1.807, 2.05) is 0 Å². The van der Waals surface area contributed by atoms with Gasteiger partial charge in [-0.3, -0.25) is 4.79 Å². The summed E-state index contributed by atoms with van der Waals surface area (Å²) < 4.78 is 26.9. The highest BCUT2D eigenvalue weighted by Gasteiger charge is 2.22. The lowest BCUT2D eigenvalue weighted by Gasteiger charge is -2.16. The van der Waals surface area contributed by atoms with Gasteiger partial charge in [-0.25, -0.2) is 13.1 Å². The van der Waals surface area contributed by atoms with Gasteiger partial charge in [0.05, 0.1) is 4.90 Å². The topological polar surface area (TPSA) is 121 Å². The van der Waals surface area contributed by atoms with Crippen LogP contribution >= 0.6 is 0 Å². The van der Waals surface area contributed by atoms with Crippen molar-refractivity contribution in [2.45, 2.75) is 24.2 Å². The Morgan fingerprint density at radius 3 is 2.65 bits per heavy atom. The molecule has 1 saturated heterocycles. The van der Waals surface area contributed by atoms with Crippen molar-refractivity contribution < 1.29 is 13.2 Å². The van der Waals surface area contributed by atoms with E-state index in [1.165, 1.54) is 12.1 Å². The number of benzene rings is 1. The Morgan fingerprint density at radius 1 is 1.26 bits per heavy atom. The molecule has 1 amide bonds. The fourth-order valence-electron chi connectivity index (χ4n) is 2.40. The maximum absolute atomic E-state index is 12.2. The van der Waals surface area contributed by atoms with Crippen LogP contribution in [0.5, 0.6) is 0 Å². The molecule has 0 atom stereocenters. The predicted molar refractivity (Wildman–Crippen MR) is 81.1 cm³/mol. The third-order valence-electron chi connectivity index (χ3n) is 3.56. The summed E-state index contributed by atoms with van der Waals surface area (Å²) in [5.74, 6) is 0.509. The van der Waals surface area contributed by atoms with Crippen LogP contribution in [0.15, 0.2) is 29.2 Å². The molecule has 9 nitrogen and oxygen atoms in total. The molecular weight excluding hydrogens is 320 g/mol. The summed E-state index contributed by atoms with van der Waals surface area (Å²) in [5, 5.41) is 13.2. The van der Waals surface area contributed by atoms with E-state index < -0.39 is 10.0 Å². The molecule has 122 valence electrons. The van der Waals surface area contributed by atoms with Crippen molar-refractivity contribution in [1.29, 1.82) is 0 Å². The number of sulfonamides is 1. The third kappa shape index (κ3) is 3.54. The van der Waals surface area contributed by atoms with Crippen LogP contribution in [0.3, 0.4) is 0 Å². The lowest BCUT2D eigenvalue weighted by atomic mass is 10.3. The summed E-state index contributed by atoms with van der Waals surface area (Å²) in [6.45, 7) is 0.849. The van der Waals surface area contributed by atoms with Gasteiger partial charge in [0.2, 0.25) is 15.9 Å². The van der Waals surface area contributed by atoms with Gasteiger partial charge in [-0.05, 0) is 30.7 Å². The molecule has 0 saturated carbocycles. The Balaban J connectivity index is 1.64. The number of hydrogen-bond donors (Lipinski definition) is 2. The van der Waals surface area contributed by atoms with E-state index in [-0.39, 0.29) is 17.3 Å². The van der Waals surface area contributed by atoms with Gasteiger partial charge < -0.3 is 4.90 Å². The van der Waals surface area contributed by atoms with E-state index in [0.717, 1.165) is 12.1 Å². The van der Waals surface area contributed by atoms with Gasteiger partial charge in [-0.15, -0.1) is 10.2 Å². The molecule has 1 aromatic carbocycles. The summed E-state index contributed by atoms with van der Waals surface area (Å²) in [6, 6.07) is 6.29. The SMILES string of the molecule is O=C1CCCN1c1ccc(S(=O)(=O)NCCc2nn[nH]n2)cc1. The first kappa shape index (κ1) is 15.6. The highest BCUT2D eigenvalue weighted by molar-refractivity contribution is 7.89. The number of amides is 1. The second-order valence-corrected chi connectivity index (χ2v) is 6.89. The number of aromatic amines is 1. The molecule has 0 radical (unpaired) electrons. The summed E-state index contributed by atoms with van der Waals surface area (Å²) >= 11 is 0. The molecule has 23 heavy (non-hydrogen) atoms. The minimum absolute atomic E-state index is 0.0684.